The molecule has 0 bridgehead atoms. The molecule has 0 aromatic carbocycles. The van der Waals surface area contributed by atoms with Gasteiger partial charge in [-0.25, -0.2) is 4.98 Å². The van der Waals surface area contributed by atoms with Crippen LogP contribution in [0.5, 0.6) is 0 Å². The first-order valence-corrected chi connectivity index (χ1v) is 9.73. The minimum Gasteiger partial charge on any atom is -0.352 e. The maximum absolute atomic E-state index is 12.2. The van der Waals surface area contributed by atoms with Crippen molar-refractivity contribution in [3.63, 3.8) is 0 Å². The molecule has 1 saturated carbocycles. The Hall–Kier alpha value is -0.980. The van der Waals surface area contributed by atoms with Crippen molar-refractivity contribution in [2.24, 2.45) is 0 Å². The lowest BCUT2D eigenvalue weighted by molar-refractivity contribution is -0.126. The molecule has 1 aromatic heterocycles. The zero-order chi connectivity index (χ0) is 16.2. The molecular weight excluding hydrogens is 308 g/mol. The molecule has 0 radical (unpaired) electrons. The van der Waals surface area contributed by atoms with E-state index in [4.69, 9.17) is 4.98 Å². The van der Waals surface area contributed by atoms with Gasteiger partial charge in [0.2, 0.25) is 5.91 Å². The van der Waals surface area contributed by atoms with Gasteiger partial charge in [0, 0.05) is 44.1 Å². The van der Waals surface area contributed by atoms with Crippen molar-refractivity contribution in [1.82, 2.24) is 20.1 Å². The molecule has 1 aromatic rings. The number of aryl methyl sites for hydroxylation is 1. The maximum atomic E-state index is 12.2. The first-order valence-electron chi connectivity index (χ1n) is 8.85. The van der Waals surface area contributed by atoms with Crippen LogP contribution in [0.15, 0.2) is 5.38 Å². The Bertz CT molecular complexity index is 520. The monoisotopic (exact) mass is 336 g/mol. The molecule has 0 spiro atoms. The van der Waals surface area contributed by atoms with Crippen LogP contribution in [0.4, 0.5) is 0 Å². The average Bonchev–Trinajstić information content (AvgIpc) is 3.26. The van der Waals surface area contributed by atoms with Gasteiger partial charge in [-0.3, -0.25) is 14.6 Å². The van der Waals surface area contributed by atoms with Gasteiger partial charge in [-0.05, 0) is 32.6 Å². The molecule has 2 heterocycles. The topological polar surface area (TPSA) is 48.5 Å². The number of nitrogens with one attached hydrogen (secondary N) is 1. The third kappa shape index (κ3) is 4.75. The minimum atomic E-state index is -0.00632. The van der Waals surface area contributed by atoms with Gasteiger partial charge in [0.15, 0.2) is 0 Å². The van der Waals surface area contributed by atoms with E-state index in [9.17, 15) is 4.79 Å². The molecule has 1 N–H and O–H groups in total. The summed E-state index contributed by atoms with van der Waals surface area (Å²) in [5.74, 6) is 0.199. The molecule has 2 aliphatic rings. The molecule has 1 aliphatic carbocycles. The van der Waals surface area contributed by atoms with Crippen molar-refractivity contribution in [2.45, 2.75) is 58.2 Å². The van der Waals surface area contributed by atoms with Crippen molar-refractivity contribution < 1.29 is 4.79 Å². The van der Waals surface area contributed by atoms with Crippen molar-refractivity contribution >= 4 is 17.2 Å². The number of nitrogens with zero attached hydrogens (tertiary/aromatic N) is 3. The number of thiazole rings is 1. The molecule has 1 aliphatic heterocycles. The number of rotatable bonds is 7. The Morgan fingerprint density at radius 3 is 2.78 bits per heavy atom. The second kappa shape index (κ2) is 7.73. The molecule has 2 fully saturated rings. The van der Waals surface area contributed by atoms with Crippen LogP contribution in [-0.4, -0.2) is 59.0 Å². The lowest BCUT2D eigenvalue weighted by Crippen LogP contribution is -2.53. The summed E-state index contributed by atoms with van der Waals surface area (Å²) < 4.78 is 0. The van der Waals surface area contributed by atoms with Crippen LogP contribution in [0.1, 0.15) is 43.8 Å². The molecule has 1 atom stereocenters. The summed E-state index contributed by atoms with van der Waals surface area (Å²) in [6, 6.07) is 0.446. The highest BCUT2D eigenvalue weighted by atomic mass is 32.1. The number of aromatic nitrogens is 1. The van der Waals surface area contributed by atoms with E-state index in [1.165, 1.54) is 10.7 Å². The van der Waals surface area contributed by atoms with Gasteiger partial charge < -0.3 is 5.32 Å². The van der Waals surface area contributed by atoms with E-state index in [2.05, 4.69) is 27.4 Å². The van der Waals surface area contributed by atoms with Gasteiger partial charge in [-0.2, -0.15) is 0 Å². The molecule has 3 rings (SSSR count). The summed E-state index contributed by atoms with van der Waals surface area (Å²) in [6.07, 6.45) is 4.55. The van der Waals surface area contributed by atoms with E-state index in [-0.39, 0.29) is 11.9 Å². The third-order valence-corrected chi connectivity index (χ3v) is 5.66. The Labute approximate surface area is 143 Å². The second-order valence-corrected chi connectivity index (χ2v) is 7.70. The van der Waals surface area contributed by atoms with Crippen LogP contribution in [0, 0.1) is 0 Å². The van der Waals surface area contributed by atoms with Gasteiger partial charge in [0.1, 0.15) is 0 Å². The fourth-order valence-electron chi connectivity index (χ4n) is 3.00. The lowest BCUT2D eigenvalue weighted by atomic mass is 10.2. The van der Waals surface area contributed by atoms with E-state index in [1.54, 1.807) is 11.3 Å². The molecule has 1 amide bonds. The van der Waals surface area contributed by atoms with Crippen LogP contribution < -0.4 is 5.32 Å². The largest absolute Gasteiger partial charge is 0.352 e. The highest BCUT2D eigenvalue weighted by Crippen LogP contribution is 2.19. The predicted octanol–water partition coefficient (Wildman–Crippen LogP) is 1.88. The fraction of sp³-hybridized carbons (Fsp3) is 0.765. The summed E-state index contributed by atoms with van der Waals surface area (Å²) in [4.78, 5) is 21.6. The Kier molecular flexibility index (Phi) is 5.67. The Morgan fingerprint density at radius 1 is 1.39 bits per heavy atom. The number of carbonyl (C=O) groups is 1. The predicted molar refractivity (Wildman–Crippen MR) is 93.6 cm³/mol. The molecule has 5 nitrogen and oxygen atoms in total. The van der Waals surface area contributed by atoms with Crippen LogP contribution in [0.3, 0.4) is 0 Å². The van der Waals surface area contributed by atoms with Gasteiger partial charge in [-0.1, -0.05) is 6.92 Å². The van der Waals surface area contributed by atoms with E-state index in [0.717, 1.165) is 58.4 Å². The first kappa shape index (κ1) is 16.9. The highest BCUT2D eigenvalue weighted by molar-refractivity contribution is 7.09. The van der Waals surface area contributed by atoms with Gasteiger partial charge >= 0.3 is 0 Å². The zero-order valence-corrected chi connectivity index (χ0v) is 15.1. The van der Waals surface area contributed by atoms with Crippen LogP contribution in [-0.2, 0) is 17.8 Å². The third-order valence-electron chi connectivity index (χ3n) is 4.71. The van der Waals surface area contributed by atoms with Crippen molar-refractivity contribution in [3.8, 4) is 0 Å². The highest BCUT2D eigenvalue weighted by Gasteiger charge is 2.30. The molecule has 6 heteroatoms. The second-order valence-electron chi connectivity index (χ2n) is 6.75. The van der Waals surface area contributed by atoms with Gasteiger partial charge in [-0.15, -0.1) is 11.3 Å². The molecular formula is C17H28N4OS. The smallest absolute Gasteiger partial charge is 0.237 e. The standard InChI is InChI=1S/C17H28N4OS/c1-3-4-16-18-15(12-23-16)11-20-7-9-21(10-8-20)13(2)17(22)19-14-5-6-14/h12-14H,3-11H2,1-2H3,(H,19,22). The minimum absolute atomic E-state index is 0.00632. The molecule has 1 saturated heterocycles. The quantitative estimate of drug-likeness (QED) is 0.826. The number of amides is 1. The molecule has 128 valence electrons. The van der Waals surface area contributed by atoms with E-state index in [1.807, 2.05) is 6.92 Å². The number of hydrogen-bond acceptors (Lipinski definition) is 5. The number of piperazine rings is 1. The van der Waals surface area contributed by atoms with E-state index >= 15 is 0 Å². The summed E-state index contributed by atoms with van der Waals surface area (Å²) in [7, 11) is 0. The number of carbonyl (C=O) groups excluding carboxylic acids is 1. The van der Waals surface area contributed by atoms with Crippen LogP contribution in [0.25, 0.3) is 0 Å². The van der Waals surface area contributed by atoms with Crippen LogP contribution in [0.2, 0.25) is 0 Å². The normalized spacial score (nSPS) is 21.3. The summed E-state index contributed by atoms with van der Waals surface area (Å²) in [5, 5.41) is 6.57. The van der Waals surface area contributed by atoms with Crippen molar-refractivity contribution in [2.75, 3.05) is 26.2 Å². The van der Waals surface area contributed by atoms with E-state index < -0.39 is 0 Å². The fourth-order valence-corrected chi connectivity index (χ4v) is 3.89. The van der Waals surface area contributed by atoms with Crippen molar-refractivity contribution in [1.29, 1.82) is 0 Å². The van der Waals surface area contributed by atoms with Gasteiger partial charge in [0.05, 0.1) is 16.7 Å². The van der Waals surface area contributed by atoms with Crippen LogP contribution >= 0.6 is 11.3 Å². The Balaban J connectivity index is 1.42. The summed E-state index contributed by atoms with van der Waals surface area (Å²) in [5.41, 5.74) is 1.20. The Morgan fingerprint density at radius 2 is 2.13 bits per heavy atom. The van der Waals surface area contributed by atoms with E-state index in [0.29, 0.717) is 6.04 Å². The number of hydrogen-bond donors (Lipinski definition) is 1. The summed E-state index contributed by atoms with van der Waals surface area (Å²) in [6.45, 7) is 9.13. The SMILES string of the molecule is CCCc1nc(CN2CCN(C(C)C(=O)NC3CC3)CC2)cs1. The molecule has 23 heavy (non-hydrogen) atoms. The summed E-state index contributed by atoms with van der Waals surface area (Å²) >= 11 is 1.78. The zero-order valence-electron chi connectivity index (χ0n) is 14.3. The van der Waals surface area contributed by atoms with Gasteiger partial charge in [0.25, 0.3) is 0 Å². The lowest BCUT2D eigenvalue weighted by Gasteiger charge is -2.37. The average molecular weight is 337 g/mol. The maximum Gasteiger partial charge on any atom is 0.237 e. The first-order chi connectivity index (χ1) is 11.2. The van der Waals surface area contributed by atoms with Crippen molar-refractivity contribution in [3.05, 3.63) is 16.1 Å². The molecule has 1 unspecified atom stereocenters.